The van der Waals surface area contributed by atoms with Crippen molar-refractivity contribution in [3.05, 3.63) is 304 Å². The second kappa shape index (κ2) is 28.9. The molecule has 13 nitrogen and oxygen atoms in total. The monoisotopic (exact) mass is 1200 g/mol. The smallest absolute Gasteiger partial charge is 0.444 e. The highest BCUT2D eigenvalue weighted by Gasteiger charge is 2.28. The van der Waals surface area contributed by atoms with Gasteiger partial charge in [-0.3, -0.25) is 25.1 Å². The van der Waals surface area contributed by atoms with Crippen LogP contribution in [0.15, 0.2) is 293 Å². The zero-order chi connectivity index (χ0) is 61.1. The Labute approximate surface area is 513 Å². The number of hydrogen-bond donors (Lipinski definition) is 4. The number of benzene rings is 10. The fraction of sp³-hybridized carbons (Fsp3) is 0.0548. The average molecular weight is 1200 g/mol. The first kappa shape index (κ1) is 60.4. The maximum Gasteiger partial charge on any atom is 0.444 e. The van der Waals surface area contributed by atoms with Crippen LogP contribution in [-0.2, 0) is 9.13 Å². The molecule has 0 unspecified atom stereocenters. The van der Waals surface area contributed by atoms with Crippen molar-refractivity contribution in [2.24, 2.45) is 0 Å². The summed E-state index contributed by atoms with van der Waals surface area (Å²) >= 11 is 0. The van der Waals surface area contributed by atoms with E-state index in [0.717, 1.165) is 67.5 Å². The number of carbonyl (C=O) groups excluding carboxylic acids is 1. The van der Waals surface area contributed by atoms with Crippen molar-refractivity contribution >= 4 is 43.9 Å². The van der Waals surface area contributed by atoms with Crippen molar-refractivity contribution in [3.8, 4) is 79.0 Å². The van der Waals surface area contributed by atoms with Crippen LogP contribution < -0.4 is 48.3 Å². The number of carbonyl (C=O) groups is 1. The third-order valence-electron chi connectivity index (χ3n) is 13.6. The van der Waals surface area contributed by atoms with Crippen molar-refractivity contribution in [3.63, 3.8) is 0 Å². The normalized spacial score (nSPS) is 11.0. The van der Waals surface area contributed by atoms with Gasteiger partial charge >= 0.3 is 15.3 Å². The fourth-order valence-electron chi connectivity index (χ4n) is 9.17. The standard InChI is InChI=1S/C73H64N4O9P2/c1-5-49-81-67-37-17-57(18-38-67)53-9-29-63(30-10-53)74-87(79,75-64-31-11-54(12-32-64)58-19-39-68(40-20-58)82-50-6-2)85-71-45-25-61(26-46-71)73(78)62-27-47-72(48-28-62)86-88(80,76-65-33-13-55(14-34-65)59-21-41-69(42-22-59)83-51-7-3)77-66-35-15-56(16-36-66)60-23-43-70(44-24-60)84-52-8-4/h5-48H,1-4,49-52H2,(H2,74,75,79)(H2,76,77,80). The minimum Gasteiger partial charge on any atom is -0.490 e. The molecule has 10 aromatic carbocycles. The molecule has 0 aromatic heterocycles. The molecule has 10 aromatic rings. The summed E-state index contributed by atoms with van der Waals surface area (Å²) in [7, 11) is -7.98. The van der Waals surface area contributed by atoms with Crippen LogP contribution in [0.1, 0.15) is 15.9 Å². The Morgan fingerprint density at radius 3 is 0.659 bits per heavy atom. The van der Waals surface area contributed by atoms with Crippen LogP contribution in [0.3, 0.4) is 0 Å². The fourth-order valence-corrected chi connectivity index (χ4v) is 12.3. The number of nitrogens with one attached hydrogen (secondary N) is 4. The Morgan fingerprint density at radius 2 is 0.466 bits per heavy atom. The van der Waals surface area contributed by atoms with Crippen LogP contribution in [0, 0.1) is 0 Å². The van der Waals surface area contributed by atoms with Crippen molar-refractivity contribution in [2.45, 2.75) is 0 Å². The van der Waals surface area contributed by atoms with Gasteiger partial charge in [0.25, 0.3) is 0 Å². The summed E-state index contributed by atoms with van der Waals surface area (Å²) < 4.78 is 65.3. The Balaban J connectivity index is 0.845. The predicted molar refractivity (Wildman–Crippen MR) is 358 cm³/mol. The number of hydrogen-bond acceptors (Lipinski definition) is 9. The molecule has 0 aliphatic carbocycles. The molecule has 4 N–H and O–H groups in total. The van der Waals surface area contributed by atoms with Crippen LogP contribution in [0.25, 0.3) is 44.5 Å². The molecular formula is C73H64N4O9P2. The van der Waals surface area contributed by atoms with Gasteiger partial charge in [0, 0.05) is 33.9 Å². The Hall–Kier alpha value is -10.7. The highest BCUT2D eigenvalue weighted by Crippen LogP contribution is 2.49. The van der Waals surface area contributed by atoms with E-state index in [-0.39, 0.29) is 17.3 Å². The van der Waals surface area contributed by atoms with Gasteiger partial charge in [0.05, 0.1) is 0 Å². The first-order chi connectivity index (χ1) is 42.9. The molecule has 88 heavy (non-hydrogen) atoms. The highest BCUT2D eigenvalue weighted by molar-refractivity contribution is 7.62. The molecule has 0 aliphatic heterocycles. The van der Waals surface area contributed by atoms with E-state index in [4.69, 9.17) is 28.0 Å². The molecule has 440 valence electrons. The summed E-state index contributed by atoms with van der Waals surface area (Å²) in [5, 5.41) is 12.5. The molecule has 0 heterocycles. The van der Waals surface area contributed by atoms with Gasteiger partial charge in [0.15, 0.2) is 5.78 Å². The summed E-state index contributed by atoms with van der Waals surface area (Å²) in [6, 6.07) is 73.8. The number of ketones is 1. The van der Waals surface area contributed by atoms with Gasteiger partial charge in [-0.2, -0.15) is 0 Å². The van der Waals surface area contributed by atoms with Crippen LogP contribution in [0.2, 0.25) is 0 Å². The minimum atomic E-state index is -3.99. The molecule has 0 bridgehead atoms. The van der Waals surface area contributed by atoms with E-state index in [2.05, 4.69) is 46.7 Å². The van der Waals surface area contributed by atoms with E-state index < -0.39 is 15.3 Å². The lowest BCUT2D eigenvalue weighted by molar-refractivity contribution is 0.103. The van der Waals surface area contributed by atoms with Crippen LogP contribution in [0.5, 0.6) is 34.5 Å². The SMILES string of the molecule is C=CCOc1ccc(-c2ccc(NP(=O)(Nc3ccc(-c4ccc(OCC=C)cc4)cc3)Oc3ccc(C(=O)c4ccc(OP(=O)(Nc5ccc(-c6ccc(OCC=C)cc6)cc5)Nc5ccc(-c6ccc(OCC=C)cc6)cc5)cc4)cc3)cc2)cc1. The minimum absolute atomic E-state index is 0.238. The molecule has 0 fully saturated rings. The lowest BCUT2D eigenvalue weighted by atomic mass is 10.0. The summed E-state index contributed by atoms with van der Waals surface area (Å²) in [6.07, 6.45) is 6.78. The van der Waals surface area contributed by atoms with Gasteiger partial charge in [-0.1, -0.05) is 148 Å². The maximum atomic E-state index is 15.1. The van der Waals surface area contributed by atoms with E-state index >= 15 is 9.13 Å². The Morgan fingerprint density at radius 1 is 0.284 bits per heavy atom. The zero-order valence-corrected chi connectivity index (χ0v) is 49.9. The van der Waals surface area contributed by atoms with Crippen molar-refractivity contribution < 1.29 is 41.9 Å². The quantitative estimate of drug-likeness (QED) is 0.0192. The second-order valence-corrected chi connectivity index (χ2v) is 23.4. The second-order valence-electron chi connectivity index (χ2n) is 19.9. The average Bonchev–Trinajstić information content (AvgIpc) is 3.47. The molecule has 10 rings (SSSR count). The summed E-state index contributed by atoms with van der Waals surface area (Å²) in [5.74, 6) is 3.11. The maximum absolute atomic E-state index is 15.1. The molecule has 0 saturated heterocycles. The largest absolute Gasteiger partial charge is 0.490 e. The summed E-state index contributed by atoms with van der Waals surface area (Å²) in [6.45, 7) is 16.5. The summed E-state index contributed by atoms with van der Waals surface area (Å²) in [4.78, 5) is 14.1. The van der Waals surface area contributed by atoms with E-state index in [1.807, 2.05) is 194 Å². The first-order valence-corrected chi connectivity index (χ1v) is 31.4. The van der Waals surface area contributed by atoms with Crippen LogP contribution in [-0.4, -0.2) is 32.2 Å². The Bertz CT molecular complexity index is 3590. The van der Waals surface area contributed by atoms with Gasteiger partial charge in [0.2, 0.25) is 0 Å². The predicted octanol–water partition coefficient (Wildman–Crippen LogP) is 19.3. The van der Waals surface area contributed by atoms with Crippen molar-refractivity contribution in [1.29, 1.82) is 0 Å². The molecule has 0 spiro atoms. The van der Waals surface area contributed by atoms with Gasteiger partial charge < -0.3 is 28.0 Å². The zero-order valence-electron chi connectivity index (χ0n) is 48.1. The van der Waals surface area contributed by atoms with Gasteiger partial charge in [-0.25, -0.2) is 9.13 Å². The lowest BCUT2D eigenvalue weighted by Gasteiger charge is -2.23. The molecule has 0 aliphatic rings. The van der Waals surface area contributed by atoms with Crippen molar-refractivity contribution in [1.82, 2.24) is 0 Å². The molecule has 0 saturated carbocycles. The molecule has 0 radical (unpaired) electrons. The van der Waals surface area contributed by atoms with E-state index in [9.17, 15) is 4.79 Å². The number of rotatable bonds is 30. The van der Waals surface area contributed by atoms with Crippen molar-refractivity contribution in [2.75, 3.05) is 46.8 Å². The van der Waals surface area contributed by atoms with Crippen LogP contribution in [0.4, 0.5) is 22.7 Å². The van der Waals surface area contributed by atoms with Gasteiger partial charge in [-0.05, 0) is 190 Å². The van der Waals surface area contributed by atoms with E-state index in [1.165, 1.54) is 0 Å². The third-order valence-corrected chi connectivity index (χ3v) is 16.7. The number of ether oxygens (including phenoxy) is 4. The summed E-state index contributed by atoms with van der Waals surface area (Å²) in [5.41, 5.74) is 10.5. The molecule has 15 heteroatoms. The van der Waals surface area contributed by atoms with E-state index in [0.29, 0.717) is 60.3 Å². The van der Waals surface area contributed by atoms with Gasteiger partial charge in [0.1, 0.15) is 60.9 Å². The van der Waals surface area contributed by atoms with Gasteiger partial charge in [-0.15, -0.1) is 0 Å². The topological polar surface area (TPSA) is 155 Å². The first-order valence-electron chi connectivity index (χ1n) is 28.2. The highest BCUT2D eigenvalue weighted by atomic mass is 31.2. The lowest BCUT2D eigenvalue weighted by Crippen LogP contribution is -2.12. The molecular weight excluding hydrogens is 1140 g/mol. The molecule has 0 atom stereocenters. The third kappa shape index (κ3) is 16.4. The Kier molecular flexibility index (Phi) is 19.9. The number of anilines is 4. The molecule has 0 amide bonds. The van der Waals surface area contributed by atoms with E-state index in [1.54, 1.807) is 72.8 Å². The van der Waals surface area contributed by atoms with Crippen LogP contribution >= 0.6 is 15.3 Å².